The average Bonchev–Trinajstić information content (AvgIpc) is 2.43. The van der Waals surface area contributed by atoms with Gasteiger partial charge in [0.15, 0.2) is 0 Å². The molecule has 0 bridgehead atoms. The van der Waals surface area contributed by atoms with Crippen molar-refractivity contribution in [3.8, 4) is 0 Å². The molecule has 0 aromatic heterocycles. The van der Waals surface area contributed by atoms with Crippen molar-refractivity contribution in [1.82, 2.24) is 0 Å². The molecule has 0 saturated heterocycles. The molecule has 0 saturated carbocycles. The minimum absolute atomic E-state index is 0.204. The lowest BCUT2D eigenvalue weighted by Gasteiger charge is -2.14. The highest BCUT2D eigenvalue weighted by molar-refractivity contribution is 7.78. The van der Waals surface area contributed by atoms with E-state index in [0.717, 1.165) is 37.8 Å². The van der Waals surface area contributed by atoms with Crippen LogP contribution in [0.5, 0.6) is 0 Å². The molecule has 1 N–H and O–H groups in total. The quantitative estimate of drug-likeness (QED) is 0.402. The number of carboxylic acids is 1. The van der Waals surface area contributed by atoms with E-state index in [1.807, 2.05) is 24.3 Å². The molecular formula is C17H23NO2S. The van der Waals surface area contributed by atoms with Crippen LogP contribution in [0, 0.1) is 11.8 Å². The number of carboxylic acid groups (broad SMARTS) is 1. The maximum Gasteiger partial charge on any atom is 0.306 e. The number of thiocarbonyl (C=S) groups is 1. The predicted molar refractivity (Wildman–Crippen MR) is 89.3 cm³/mol. The average molecular weight is 305 g/mol. The van der Waals surface area contributed by atoms with Crippen LogP contribution in [0.1, 0.15) is 45.1 Å². The topological polar surface area (TPSA) is 49.7 Å². The molecule has 114 valence electrons. The molecule has 1 atom stereocenters. The first kappa shape index (κ1) is 17.5. The fourth-order valence-corrected chi connectivity index (χ4v) is 2.53. The molecule has 21 heavy (non-hydrogen) atoms. The highest BCUT2D eigenvalue weighted by atomic mass is 32.1. The summed E-state index contributed by atoms with van der Waals surface area (Å²) >= 11 is 4.56. The molecule has 0 amide bonds. The Morgan fingerprint density at radius 3 is 2.48 bits per heavy atom. The summed E-state index contributed by atoms with van der Waals surface area (Å²) in [7, 11) is 0. The van der Waals surface area contributed by atoms with Crippen molar-refractivity contribution in [3.05, 3.63) is 29.8 Å². The first-order valence-electron chi connectivity index (χ1n) is 7.42. The maximum absolute atomic E-state index is 11.2. The van der Waals surface area contributed by atoms with Gasteiger partial charge in [0.05, 0.1) is 16.8 Å². The van der Waals surface area contributed by atoms with Gasteiger partial charge in [-0.05, 0) is 61.5 Å². The van der Waals surface area contributed by atoms with E-state index in [9.17, 15) is 9.90 Å². The largest absolute Gasteiger partial charge is 0.481 e. The van der Waals surface area contributed by atoms with Crippen LogP contribution >= 0.6 is 12.2 Å². The van der Waals surface area contributed by atoms with Gasteiger partial charge in [-0.3, -0.25) is 4.79 Å². The van der Waals surface area contributed by atoms with Crippen LogP contribution < -0.4 is 0 Å². The van der Waals surface area contributed by atoms with Gasteiger partial charge in [-0.1, -0.05) is 32.4 Å². The van der Waals surface area contributed by atoms with Crippen LogP contribution in [0.2, 0.25) is 0 Å². The zero-order valence-electron chi connectivity index (χ0n) is 12.7. The van der Waals surface area contributed by atoms with Gasteiger partial charge in [0.25, 0.3) is 0 Å². The van der Waals surface area contributed by atoms with Crippen LogP contribution in [0.15, 0.2) is 29.3 Å². The van der Waals surface area contributed by atoms with Crippen molar-refractivity contribution in [1.29, 1.82) is 0 Å². The SMILES string of the molecule is CC(C)CC(CCCCc1ccc(N=C=S)cc1)C(=O)O. The molecule has 0 heterocycles. The van der Waals surface area contributed by atoms with Gasteiger partial charge in [-0.15, -0.1) is 0 Å². The number of isothiocyanates is 1. The molecule has 0 aliphatic heterocycles. The first-order valence-corrected chi connectivity index (χ1v) is 7.83. The zero-order chi connectivity index (χ0) is 15.7. The summed E-state index contributed by atoms with van der Waals surface area (Å²) in [5.74, 6) is -0.434. The van der Waals surface area contributed by atoms with Crippen LogP contribution in [-0.2, 0) is 11.2 Å². The molecule has 1 rings (SSSR count). The lowest BCUT2D eigenvalue weighted by Crippen LogP contribution is -2.16. The molecular weight excluding hydrogens is 282 g/mol. The summed E-state index contributed by atoms with van der Waals surface area (Å²) in [4.78, 5) is 15.1. The van der Waals surface area contributed by atoms with Gasteiger partial charge < -0.3 is 5.11 Å². The molecule has 0 aliphatic carbocycles. The van der Waals surface area contributed by atoms with Gasteiger partial charge in [0.1, 0.15) is 0 Å². The molecule has 3 nitrogen and oxygen atoms in total. The first-order chi connectivity index (χ1) is 10.0. The molecule has 1 aromatic carbocycles. The van der Waals surface area contributed by atoms with Crippen LogP contribution in [0.3, 0.4) is 0 Å². The lowest BCUT2D eigenvalue weighted by molar-refractivity contribution is -0.142. The Kier molecular flexibility index (Phi) is 7.88. The molecule has 0 radical (unpaired) electrons. The van der Waals surface area contributed by atoms with Crippen LogP contribution in [0.25, 0.3) is 0 Å². The Morgan fingerprint density at radius 1 is 1.29 bits per heavy atom. The monoisotopic (exact) mass is 305 g/mol. The summed E-state index contributed by atoms with van der Waals surface area (Å²) in [6, 6.07) is 7.92. The maximum atomic E-state index is 11.2. The fraction of sp³-hybridized carbons (Fsp3) is 0.529. The summed E-state index contributed by atoms with van der Waals surface area (Å²) in [6.07, 6.45) is 4.46. The van der Waals surface area contributed by atoms with Crippen molar-refractivity contribution in [2.75, 3.05) is 0 Å². The van der Waals surface area contributed by atoms with E-state index in [2.05, 4.69) is 36.2 Å². The van der Waals surface area contributed by atoms with E-state index in [4.69, 9.17) is 0 Å². The Balaban J connectivity index is 2.35. The Morgan fingerprint density at radius 2 is 1.95 bits per heavy atom. The Bertz CT molecular complexity index is 490. The second-order valence-corrected chi connectivity index (χ2v) is 5.96. The number of benzene rings is 1. The summed E-state index contributed by atoms with van der Waals surface area (Å²) < 4.78 is 0. The van der Waals surface area contributed by atoms with E-state index in [1.54, 1.807) is 0 Å². The van der Waals surface area contributed by atoms with Crippen molar-refractivity contribution in [2.24, 2.45) is 16.8 Å². The van der Waals surface area contributed by atoms with Crippen LogP contribution in [0.4, 0.5) is 5.69 Å². The molecule has 0 spiro atoms. The molecule has 0 aliphatic rings. The molecule has 1 unspecified atom stereocenters. The number of aliphatic carboxylic acids is 1. The van der Waals surface area contributed by atoms with Crippen molar-refractivity contribution < 1.29 is 9.90 Å². The third-order valence-corrected chi connectivity index (χ3v) is 3.58. The number of rotatable bonds is 9. The minimum Gasteiger partial charge on any atom is -0.481 e. The van der Waals surface area contributed by atoms with Gasteiger partial charge in [0, 0.05) is 0 Å². The number of hydrogen-bond acceptors (Lipinski definition) is 3. The number of aryl methyl sites for hydroxylation is 1. The predicted octanol–water partition coefficient (Wildman–Crippen LogP) is 4.88. The smallest absolute Gasteiger partial charge is 0.306 e. The summed E-state index contributed by atoms with van der Waals surface area (Å²) in [5.41, 5.74) is 2.06. The van der Waals surface area contributed by atoms with Gasteiger partial charge in [-0.25, -0.2) is 0 Å². The second-order valence-electron chi connectivity index (χ2n) is 5.78. The number of aliphatic imine (C=N–C) groups is 1. The number of carbonyl (C=O) groups is 1. The van der Waals surface area contributed by atoms with Crippen molar-refractivity contribution in [2.45, 2.75) is 46.0 Å². The Labute approximate surface area is 132 Å². The normalized spacial score (nSPS) is 12.0. The van der Waals surface area contributed by atoms with E-state index in [0.29, 0.717) is 5.92 Å². The summed E-state index contributed by atoms with van der Waals surface area (Å²) in [5, 5.41) is 11.5. The zero-order valence-corrected chi connectivity index (χ0v) is 13.5. The third kappa shape index (κ3) is 7.16. The number of unbranched alkanes of at least 4 members (excludes halogenated alkanes) is 1. The highest BCUT2D eigenvalue weighted by Gasteiger charge is 2.17. The summed E-state index contributed by atoms with van der Waals surface area (Å²) in [6.45, 7) is 4.14. The van der Waals surface area contributed by atoms with E-state index in [-0.39, 0.29) is 5.92 Å². The standard InChI is InChI=1S/C17H23NO2S/c1-13(2)11-15(17(19)20)6-4-3-5-14-7-9-16(10-8-14)18-12-21/h7-10,13,15H,3-6,11H2,1-2H3,(H,19,20). The van der Waals surface area contributed by atoms with Gasteiger partial charge in [0.2, 0.25) is 0 Å². The number of hydrogen-bond donors (Lipinski definition) is 1. The van der Waals surface area contributed by atoms with Gasteiger partial charge in [-0.2, -0.15) is 4.99 Å². The Hall–Kier alpha value is -1.51. The third-order valence-electron chi connectivity index (χ3n) is 3.48. The van der Waals surface area contributed by atoms with Crippen LogP contribution in [-0.4, -0.2) is 16.2 Å². The molecule has 1 aromatic rings. The molecule has 0 fully saturated rings. The van der Waals surface area contributed by atoms with Gasteiger partial charge >= 0.3 is 5.97 Å². The fourth-order valence-electron chi connectivity index (χ4n) is 2.42. The number of nitrogens with zero attached hydrogens (tertiary/aromatic N) is 1. The van der Waals surface area contributed by atoms with Crippen molar-refractivity contribution >= 4 is 29.0 Å². The van der Waals surface area contributed by atoms with E-state index < -0.39 is 5.97 Å². The lowest BCUT2D eigenvalue weighted by atomic mass is 9.92. The van der Waals surface area contributed by atoms with E-state index >= 15 is 0 Å². The highest BCUT2D eigenvalue weighted by Crippen LogP contribution is 2.20. The van der Waals surface area contributed by atoms with E-state index in [1.165, 1.54) is 5.56 Å². The molecule has 4 heteroatoms. The van der Waals surface area contributed by atoms with Crippen molar-refractivity contribution in [3.63, 3.8) is 0 Å². The second kappa shape index (κ2) is 9.43. The minimum atomic E-state index is -0.661.